The zero-order valence-corrected chi connectivity index (χ0v) is 14.3. The first kappa shape index (κ1) is 16.6. The van der Waals surface area contributed by atoms with E-state index in [2.05, 4.69) is 11.9 Å². The van der Waals surface area contributed by atoms with E-state index < -0.39 is 5.41 Å². The minimum Gasteiger partial charge on any atom is -0.490 e. The Labute approximate surface area is 142 Å². The van der Waals surface area contributed by atoms with E-state index in [9.17, 15) is 9.59 Å². The van der Waals surface area contributed by atoms with E-state index in [0.717, 1.165) is 19.3 Å². The number of carbonyl (C=O) groups is 2. The zero-order valence-electron chi connectivity index (χ0n) is 14.3. The van der Waals surface area contributed by atoms with E-state index in [4.69, 9.17) is 4.74 Å². The first-order chi connectivity index (χ1) is 11.4. The van der Waals surface area contributed by atoms with Gasteiger partial charge in [-0.2, -0.15) is 0 Å². The van der Waals surface area contributed by atoms with Gasteiger partial charge < -0.3 is 15.0 Å². The number of carbonyl (C=O) groups excluding carboxylic acids is 2. The van der Waals surface area contributed by atoms with Gasteiger partial charge in [0.2, 0.25) is 11.8 Å². The van der Waals surface area contributed by atoms with Crippen LogP contribution >= 0.6 is 0 Å². The largest absolute Gasteiger partial charge is 0.490 e. The number of anilines is 2. The van der Waals surface area contributed by atoms with Crippen molar-refractivity contribution in [3.8, 4) is 5.75 Å². The lowest BCUT2D eigenvalue weighted by atomic mass is 9.85. The Balaban J connectivity index is 1.88. The SMILES string of the molecule is C=CCN1C(=O)C(C)(C)COc2cc(NC(=O)C3CCC3)ccc21. The third kappa shape index (κ3) is 3.03. The number of nitrogens with one attached hydrogen (secondary N) is 1. The molecule has 1 aromatic rings. The summed E-state index contributed by atoms with van der Waals surface area (Å²) < 4.78 is 5.89. The number of nitrogens with zero attached hydrogens (tertiary/aromatic N) is 1. The van der Waals surface area contributed by atoms with Crippen molar-refractivity contribution >= 4 is 23.2 Å². The van der Waals surface area contributed by atoms with Crippen LogP contribution in [0.3, 0.4) is 0 Å². The van der Waals surface area contributed by atoms with Crippen LogP contribution in [0, 0.1) is 11.3 Å². The van der Waals surface area contributed by atoms with E-state index in [1.807, 2.05) is 26.0 Å². The van der Waals surface area contributed by atoms with Crippen LogP contribution in [0.15, 0.2) is 30.9 Å². The predicted octanol–water partition coefficient (Wildman–Crippen LogP) is 3.36. The highest BCUT2D eigenvalue weighted by Gasteiger charge is 2.37. The third-order valence-electron chi connectivity index (χ3n) is 4.72. The topological polar surface area (TPSA) is 58.6 Å². The van der Waals surface area contributed by atoms with Gasteiger partial charge in [0.1, 0.15) is 12.4 Å². The molecule has 128 valence electrons. The summed E-state index contributed by atoms with van der Waals surface area (Å²) in [4.78, 5) is 26.6. The molecule has 0 spiro atoms. The lowest BCUT2D eigenvalue weighted by molar-refractivity contribution is -0.127. The number of hydrogen-bond donors (Lipinski definition) is 1. The fourth-order valence-corrected chi connectivity index (χ4v) is 2.95. The molecule has 1 aliphatic heterocycles. The second-order valence-electron chi connectivity index (χ2n) is 7.18. The molecule has 1 aliphatic carbocycles. The van der Waals surface area contributed by atoms with Crippen molar-refractivity contribution < 1.29 is 14.3 Å². The van der Waals surface area contributed by atoms with Gasteiger partial charge >= 0.3 is 0 Å². The van der Waals surface area contributed by atoms with E-state index in [1.54, 1.807) is 17.0 Å². The molecule has 1 aromatic carbocycles. The Morgan fingerprint density at radius 2 is 2.21 bits per heavy atom. The fourth-order valence-electron chi connectivity index (χ4n) is 2.95. The van der Waals surface area contributed by atoms with E-state index in [1.165, 1.54) is 0 Å². The Kier molecular flexibility index (Phi) is 4.35. The summed E-state index contributed by atoms with van der Waals surface area (Å²) in [6, 6.07) is 5.45. The number of ether oxygens (including phenoxy) is 1. The van der Waals surface area contributed by atoms with Crippen LogP contribution < -0.4 is 15.0 Å². The Morgan fingerprint density at radius 3 is 2.83 bits per heavy atom. The number of benzene rings is 1. The van der Waals surface area contributed by atoms with Crippen LogP contribution in [0.1, 0.15) is 33.1 Å². The van der Waals surface area contributed by atoms with Gasteiger partial charge in [0, 0.05) is 24.2 Å². The molecule has 1 saturated carbocycles. The second-order valence-corrected chi connectivity index (χ2v) is 7.18. The lowest BCUT2D eigenvalue weighted by Crippen LogP contribution is -2.42. The van der Waals surface area contributed by atoms with Gasteiger partial charge in [0.25, 0.3) is 0 Å². The molecule has 2 amide bonds. The smallest absolute Gasteiger partial charge is 0.236 e. The normalized spacial score (nSPS) is 19.6. The molecule has 5 heteroatoms. The average Bonchev–Trinajstić information content (AvgIpc) is 2.56. The van der Waals surface area contributed by atoms with Crippen molar-refractivity contribution in [2.75, 3.05) is 23.4 Å². The van der Waals surface area contributed by atoms with E-state index >= 15 is 0 Å². The van der Waals surface area contributed by atoms with Gasteiger partial charge in [-0.3, -0.25) is 9.59 Å². The molecule has 0 atom stereocenters. The quantitative estimate of drug-likeness (QED) is 0.862. The molecule has 5 nitrogen and oxygen atoms in total. The first-order valence-corrected chi connectivity index (χ1v) is 8.43. The Morgan fingerprint density at radius 1 is 1.46 bits per heavy atom. The highest BCUT2D eigenvalue weighted by molar-refractivity contribution is 6.00. The summed E-state index contributed by atoms with van der Waals surface area (Å²) in [6.45, 7) is 8.21. The molecule has 1 fully saturated rings. The van der Waals surface area contributed by atoms with Crippen LogP contribution in [-0.4, -0.2) is 25.0 Å². The molecule has 0 saturated heterocycles. The van der Waals surface area contributed by atoms with Gasteiger partial charge in [-0.05, 0) is 38.8 Å². The van der Waals surface area contributed by atoms with Gasteiger partial charge in [0.05, 0.1) is 11.1 Å². The second kappa shape index (κ2) is 6.30. The maximum absolute atomic E-state index is 12.7. The molecular formula is C19H24N2O3. The summed E-state index contributed by atoms with van der Waals surface area (Å²) in [5.41, 5.74) is 0.806. The number of amides is 2. The van der Waals surface area contributed by atoms with Crippen LogP contribution in [0.2, 0.25) is 0 Å². The molecule has 24 heavy (non-hydrogen) atoms. The summed E-state index contributed by atoms with van der Waals surface area (Å²) in [5, 5.41) is 2.95. The van der Waals surface area contributed by atoms with Crippen LogP contribution in [-0.2, 0) is 9.59 Å². The van der Waals surface area contributed by atoms with Crippen LogP contribution in [0.25, 0.3) is 0 Å². The third-order valence-corrected chi connectivity index (χ3v) is 4.72. The summed E-state index contributed by atoms with van der Waals surface area (Å²) in [6.07, 6.45) is 4.75. The van der Waals surface area contributed by atoms with Gasteiger partial charge in [-0.1, -0.05) is 12.5 Å². The zero-order chi connectivity index (χ0) is 17.3. The lowest BCUT2D eigenvalue weighted by Gasteiger charge is -2.27. The van der Waals surface area contributed by atoms with Crippen molar-refractivity contribution in [3.63, 3.8) is 0 Å². The summed E-state index contributed by atoms with van der Waals surface area (Å²) in [7, 11) is 0. The molecule has 0 unspecified atom stereocenters. The minimum atomic E-state index is -0.614. The van der Waals surface area contributed by atoms with E-state index in [0.29, 0.717) is 30.3 Å². The van der Waals surface area contributed by atoms with Gasteiger partial charge in [-0.25, -0.2) is 0 Å². The van der Waals surface area contributed by atoms with Crippen molar-refractivity contribution in [1.29, 1.82) is 0 Å². The maximum Gasteiger partial charge on any atom is 0.236 e. The van der Waals surface area contributed by atoms with E-state index in [-0.39, 0.29) is 17.7 Å². The van der Waals surface area contributed by atoms with Crippen LogP contribution in [0.5, 0.6) is 5.75 Å². The van der Waals surface area contributed by atoms with Crippen molar-refractivity contribution in [1.82, 2.24) is 0 Å². The molecule has 1 heterocycles. The van der Waals surface area contributed by atoms with Gasteiger partial charge in [0.15, 0.2) is 0 Å². The number of fused-ring (bicyclic) bond motifs is 1. The van der Waals surface area contributed by atoms with Crippen molar-refractivity contribution in [2.24, 2.45) is 11.3 Å². The maximum atomic E-state index is 12.7. The Hall–Kier alpha value is -2.30. The van der Waals surface area contributed by atoms with Gasteiger partial charge in [-0.15, -0.1) is 6.58 Å². The molecule has 1 N–H and O–H groups in total. The number of hydrogen-bond acceptors (Lipinski definition) is 3. The van der Waals surface area contributed by atoms with Crippen molar-refractivity contribution in [2.45, 2.75) is 33.1 Å². The summed E-state index contributed by atoms with van der Waals surface area (Å²) in [5.74, 6) is 0.811. The van der Waals surface area contributed by atoms with Crippen molar-refractivity contribution in [3.05, 3.63) is 30.9 Å². The molecule has 0 bridgehead atoms. The Bertz CT molecular complexity index is 677. The minimum absolute atomic E-state index is 0.00686. The molecular weight excluding hydrogens is 304 g/mol. The monoisotopic (exact) mass is 328 g/mol. The average molecular weight is 328 g/mol. The molecule has 3 rings (SSSR count). The predicted molar refractivity (Wildman–Crippen MR) is 94.2 cm³/mol. The number of rotatable bonds is 4. The molecule has 0 radical (unpaired) electrons. The highest BCUT2D eigenvalue weighted by atomic mass is 16.5. The summed E-state index contributed by atoms with van der Waals surface area (Å²) >= 11 is 0. The first-order valence-electron chi connectivity index (χ1n) is 8.43. The molecule has 2 aliphatic rings. The standard InChI is InChI=1S/C19H24N2O3/c1-4-10-21-15-9-8-14(20-17(22)13-6-5-7-13)11-16(15)24-12-19(2,3)18(21)23/h4,8-9,11,13H,1,5-7,10,12H2,2-3H3,(H,20,22). The highest BCUT2D eigenvalue weighted by Crippen LogP contribution is 2.38. The van der Waals surface area contributed by atoms with Crippen LogP contribution in [0.4, 0.5) is 11.4 Å². The fraction of sp³-hybridized carbons (Fsp3) is 0.474. The molecule has 0 aromatic heterocycles.